The maximum atomic E-state index is 12.7. The van der Waals surface area contributed by atoms with Gasteiger partial charge in [-0.15, -0.1) is 0 Å². The van der Waals surface area contributed by atoms with Gasteiger partial charge in [-0.05, 0) is 63.9 Å². The predicted octanol–water partition coefficient (Wildman–Crippen LogP) is 2.95. The van der Waals surface area contributed by atoms with Gasteiger partial charge in [0.25, 0.3) is 5.91 Å². The fourth-order valence-electron chi connectivity index (χ4n) is 3.38. The molecule has 24 heavy (non-hydrogen) atoms. The number of likely N-dealkylation sites (tertiary alicyclic amines) is 1. The molecule has 1 aliphatic heterocycles. The van der Waals surface area contributed by atoms with Crippen LogP contribution in [0.2, 0.25) is 5.02 Å². The lowest BCUT2D eigenvalue weighted by Gasteiger charge is -2.21. The van der Waals surface area contributed by atoms with E-state index >= 15 is 0 Å². The summed E-state index contributed by atoms with van der Waals surface area (Å²) in [4.78, 5) is 14.7. The minimum atomic E-state index is 0.0661. The Bertz CT molecular complexity index is 753. The quantitative estimate of drug-likeness (QED) is 0.929. The highest BCUT2D eigenvalue weighted by Crippen LogP contribution is 2.25. The number of carbonyl (C=O) groups is 1. The molecule has 1 aromatic carbocycles. The number of benzene rings is 1. The van der Waals surface area contributed by atoms with Crippen molar-refractivity contribution in [3.63, 3.8) is 0 Å². The van der Waals surface area contributed by atoms with Crippen LogP contribution in [-0.4, -0.2) is 39.7 Å². The SMILES string of the molecule is Cc1nn(-c2ccc(C(=O)N3CC(CN)CC3C)cc2)c(C)c1Cl. The summed E-state index contributed by atoms with van der Waals surface area (Å²) in [6.45, 7) is 7.27. The van der Waals surface area contributed by atoms with Crippen molar-refractivity contribution in [2.45, 2.75) is 33.2 Å². The summed E-state index contributed by atoms with van der Waals surface area (Å²) in [5.74, 6) is 0.469. The van der Waals surface area contributed by atoms with Crippen molar-refractivity contribution in [1.29, 1.82) is 0 Å². The summed E-state index contributed by atoms with van der Waals surface area (Å²) in [6.07, 6.45) is 0.977. The summed E-state index contributed by atoms with van der Waals surface area (Å²) in [6, 6.07) is 7.75. The molecule has 2 N–H and O–H groups in total. The standard InChI is InChI=1S/C18H23ClN4O/c1-11-8-14(9-20)10-22(11)18(24)15-4-6-16(7-5-15)23-13(3)17(19)12(2)21-23/h4-7,11,14H,8-10,20H2,1-3H3. The first-order valence-corrected chi connectivity index (χ1v) is 8.63. The molecule has 2 atom stereocenters. The number of halogens is 1. The van der Waals surface area contributed by atoms with Gasteiger partial charge in [0.15, 0.2) is 0 Å². The monoisotopic (exact) mass is 346 g/mol. The molecule has 6 heteroatoms. The van der Waals surface area contributed by atoms with Crippen LogP contribution in [0.25, 0.3) is 5.69 Å². The molecule has 1 amide bonds. The minimum absolute atomic E-state index is 0.0661. The van der Waals surface area contributed by atoms with Crippen LogP contribution in [0.3, 0.4) is 0 Å². The Morgan fingerprint density at radius 2 is 2.00 bits per heavy atom. The van der Waals surface area contributed by atoms with Crippen LogP contribution in [0.5, 0.6) is 0 Å². The largest absolute Gasteiger partial charge is 0.336 e. The third-order valence-electron chi connectivity index (χ3n) is 4.82. The summed E-state index contributed by atoms with van der Waals surface area (Å²) in [7, 11) is 0. The van der Waals surface area contributed by atoms with E-state index in [2.05, 4.69) is 12.0 Å². The molecule has 2 heterocycles. The van der Waals surface area contributed by atoms with Crippen LogP contribution in [0.1, 0.15) is 35.1 Å². The molecular formula is C18H23ClN4O. The second kappa shape index (κ2) is 6.57. The number of nitrogens with two attached hydrogens (primary N) is 1. The predicted molar refractivity (Wildman–Crippen MR) is 95.7 cm³/mol. The van der Waals surface area contributed by atoms with E-state index < -0.39 is 0 Å². The minimum Gasteiger partial charge on any atom is -0.336 e. The van der Waals surface area contributed by atoms with Crippen molar-refractivity contribution in [1.82, 2.24) is 14.7 Å². The number of amides is 1. The first-order valence-electron chi connectivity index (χ1n) is 8.25. The Kier molecular flexibility index (Phi) is 4.65. The third kappa shape index (κ3) is 2.94. The van der Waals surface area contributed by atoms with Crippen LogP contribution in [0.15, 0.2) is 24.3 Å². The number of rotatable bonds is 3. The Hall–Kier alpha value is -1.85. The average Bonchev–Trinajstić information content (AvgIpc) is 3.09. The number of aryl methyl sites for hydroxylation is 1. The van der Waals surface area contributed by atoms with Gasteiger partial charge in [0.2, 0.25) is 0 Å². The molecule has 0 aliphatic carbocycles. The fourth-order valence-corrected chi connectivity index (χ4v) is 3.50. The zero-order valence-electron chi connectivity index (χ0n) is 14.3. The maximum Gasteiger partial charge on any atom is 0.254 e. The van der Waals surface area contributed by atoms with Crippen LogP contribution < -0.4 is 5.73 Å². The van der Waals surface area contributed by atoms with E-state index in [0.29, 0.717) is 23.0 Å². The maximum absolute atomic E-state index is 12.7. The highest BCUT2D eigenvalue weighted by molar-refractivity contribution is 6.31. The normalized spacial score (nSPS) is 20.6. The van der Waals surface area contributed by atoms with Crippen molar-refractivity contribution >= 4 is 17.5 Å². The van der Waals surface area contributed by atoms with Gasteiger partial charge in [0, 0.05) is 18.2 Å². The molecule has 0 saturated carbocycles. The summed E-state index contributed by atoms with van der Waals surface area (Å²) in [5.41, 5.74) is 9.03. The van der Waals surface area contributed by atoms with E-state index in [-0.39, 0.29) is 11.9 Å². The molecule has 128 valence electrons. The van der Waals surface area contributed by atoms with Crippen LogP contribution >= 0.6 is 11.6 Å². The van der Waals surface area contributed by atoms with Gasteiger partial charge in [-0.25, -0.2) is 4.68 Å². The molecule has 1 aromatic heterocycles. The van der Waals surface area contributed by atoms with Gasteiger partial charge < -0.3 is 10.6 Å². The number of nitrogens with zero attached hydrogens (tertiary/aromatic N) is 3. The Morgan fingerprint density at radius 3 is 2.50 bits per heavy atom. The van der Waals surface area contributed by atoms with Crippen molar-refractivity contribution in [2.24, 2.45) is 11.7 Å². The molecule has 0 bridgehead atoms. The number of hydrogen-bond donors (Lipinski definition) is 1. The van der Waals surface area contributed by atoms with Crippen molar-refractivity contribution < 1.29 is 4.79 Å². The molecule has 5 nitrogen and oxygen atoms in total. The second-order valence-corrected chi connectivity index (χ2v) is 6.97. The summed E-state index contributed by atoms with van der Waals surface area (Å²) < 4.78 is 1.80. The van der Waals surface area contributed by atoms with Crippen molar-refractivity contribution in [2.75, 3.05) is 13.1 Å². The van der Waals surface area contributed by atoms with Gasteiger partial charge in [-0.1, -0.05) is 11.6 Å². The second-order valence-electron chi connectivity index (χ2n) is 6.59. The van der Waals surface area contributed by atoms with E-state index in [1.807, 2.05) is 43.0 Å². The zero-order chi connectivity index (χ0) is 17.4. The molecule has 1 aliphatic rings. The summed E-state index contributed by atoms with van der Waals surface area (Å²) in [5, 5.41) is 5.12. The van der Waals surface area contributed by atoms with Crippen LogP contribution in [0.4, 0.5) is 0 Å². The first kappa shape index (κ1) is 17.0. The molecule has 0 radical (unpaired) electrons. The van der Waals surface area contributed by atoms with Crippen LogP contribution in [0, 0.1) is 19.8 Å². The summed E-state index contributed by atoms with van der Waals surface area (Å²) >= 11 is 6.21. The Morgan fingerprint density at radius 1 is 1.33 bits per heavy atom. The Labute approximate surface area is 147 Å². The van der Waals surface area contributed by atoms with Gasteiger partial charge in [-0.3, -0.25) is 4.79 Å². The van der Waals surface area contributed by atoms with Gasteiger partial charge in [0.05, 0.1) is 22.1 Å². The lowest BCUT2D eigenvalue weighted by atomic mass is 10.1. The number of hydrogen-bond acceptors (Lipinski definition) is 3. The van der Waals surface area contributed by atoms with E-state index in [4.69, 9.17) is 17.3 Å². The highest BCUT2D eigenvalue weighted by atomic mass is 35.5. The fraction of sp³-hybridized carbons (Fsp3) is 0.444. The lowest BCUT2D eigenvalue weighted by molar-refractivity contribution is 0.0743. The highest BCUT2D eigenvalue weighted by Gasteiger charge is 2.32. The number of aromatic nitrogens is 2. The average molecular weight is 347 g/mol. The van der Waals surface area contributed by atoms with E-state index in [9.17, 15) is 4.79 Å². The van der Waals surface area contributed by atoms with Gasteiger partial charge in [-0.2, -0.15) is 5.10 Å². The van der Waals surface area contributed by atoms with Crippen LogP contribution in [-0.2, 0) is 0 Å². The Balaban J connectivity index is 1.82. The number of carbonyl (C=O) groups excluding carboxylic acids is 1. The lowest BCUT2D eigenvalue weighted by Crippen LogP contribution is -2.34. The third-order valence-corrected chi connectivity index (χ3v) is 5.36. The van der Waals surface area contributed by atoms with Crippen molar-refractivity contribution in [3.8, 4) is 5.69 Å². The van der Waals surface area contributed by atoms with Gasteiger partial charge >= 0.3 is 0 Å². The van der Waals surface area contributed by atoms with E-state index in [0.717, 1.165) is 30.0 Å². The molecule has 2 aromatic rings. The molecular weight excluding hydrogens is 324 g/mol. The topological polar surface area (TPSA) is 64.2 Å². The molecule has 1 fully saturated rings. The van der Waals surface area contributed by atoms with E-state index in [1.165, 1.54) is 0 Å². The molecule has 1 saturated heterocycles. The first-order chi connectivity index (χ1) is 11.4. The van der Waals surface area contributed by atoms with E-state index in [1.54, 1.807) is 4.68 Å². The molecule has 3 rings (SSSR count). The smallest absolute Gasteiger partial charge is 0.254 e. The molecule has 2 unspecified atom stereocenters. The molecule has 0 spiro atoms. The van der Waals surface area contributed by atoms with Gasteiger partial charge in [0.1, 0.15) is 0 Å². The zero-order valence-corrected chi connectivity index (χ0v) is 15.0. The van der Waals surface area contributed by atoms with Crippen molar-refractivity contribution in [3.05, 3.63) is 46.2 Å².